The minimum Gasteiger partial charge on any atom is -0.340 e. The van der Waals surface area contributed by atoms with Crippen molar-refractivity contribution in [1.29, 1.82) is 0 Å². The van der Waals surface area contributed by atoms with Crippen molar-refractivity contribution in [2.24, 2.45) is 5.92 Å². The molecule has 0 aliphatic heterocycles. The molecule has 0 aromatic rings. The molecule has 0 saturated carbocycles. The molecule has 0 bridgehead atoms. The summed E-state index contributed by atoms with van der Waals surface area (Å²) < 4.78 is 0. The van der Waals surface area contributed by atoms with Crippen molar-refractivity contribution in [3.63, 3.8) is 0 Å². The van der Waals surface area contributed by atoms with E-state index in [1.807, 2.05) is 18.9 Å². The molecule has 3 heteroatoms. The van der Waals surface area contributed by atoms with Crippen molar-refractivity contribution < 1.29 is 4.79 Å². The summed E-state index contributed by atoms with van der Waals surface area (Å²) in [6, 6.07) is 0.830. The van der Waals surface area contributed by atoms with E-state index in [1.54, 1.807) is 6.92 Å². The van der Waals surface area contributed by atoms with Crippen LogP contribution in [0, 0.1) is 5.92 Å². The fraction of sp³-hybridized carbons (Fsp3) is 0.917. The Morgan fingerprint density at radius 1 is 1.33 bits per heavy atom. The van der Waals surface area contributed by atoms with Crippen molar-refractivity contribution in [1.82, 2.24) is 10.2 Å². The molecule has 0 spiro atoms. The van der Waals surface area contributed by atoms with Gasteiger partial charge in [-0.2, -0.15) is 0 Å². The molecule has 3 atom stereocenters. The summed E-state index contributed by atoms with van der Waals surface area (Å²) in [5.41, 5.74) is 0. The Hall–Kier alpha value is -0.570. The lowest BCUT2D eigenvalue weighted by Crippen LogP contribution is -2.42. The van der Waals surface area contributed by atoms with Gasteiger partial charge in [0.25, 0.3) is 0 Å². The first-order valence-corrected chi connectivity index (χ1v) is 5.88. The molecule has 1 N–H and O–H groups in total. The standard InChI is InChI=1S/C12H26N2O/c1-7-14(12(5)15)11(4)9(2)8-10(3)13-6/h9-11,13H,7-8H2,1-6H3. The Morgan fingerprint density at radius 3 is 2.20 bits per heavy atom. The highest BCUT2D eigenvalue weighted by molar-refractivity contribution is 5.73. The number of carbonyl (C=O) groups is 1. The number of amides is 1. The van der Waals surface area contributed by atoms with Crippen LogP contribution in [0.3, 0.4) is 0 Å². The normalized spacial score (nSPS) is 16.9. The lowest BCUT2D eigenvalue weighted by Gasteiger charge is -2.32. The molecule has 0 fully saturated rings. The number of rotatable bonds is 6. The van der Waals surface area contributed by atoms with Gasteiger partial charge in [0.1, 0.15) is 0 Å². The van der Waals surface area contributed by atoms with Crippen LogP contribution in [0.2, 0.25) is 0 Å². The molecule has 90 valence electrons. The maximum absolute atomic E-state index is 11.4. The third-order valence-electron chi connectivity index (χ3n) is 3.28. The fourth-order valence-electron chi connectivity index (χ4n) is 1.98. The first-order valence-electron chi connectivity index (χ1n) is 5.88. The summed E-state index contributed by atoms with van der Waals surface area (Å²) in [6.07, 6.45) is 1.10. The van der Waals surface area contributed by atoms with Crippen molar-refractivity contribution in [2.45, 2.75) is 53.1 Å². The molecular weight excluding hydrogens is 188 g/mol. The quantitative estimate of drug-likeness (QED) is 0.732. The SMILES string of the molecule is CCN(C(C)=O)C(C)C(C)CC(C)NC. The summed E-state index contributed by atoms with van der Waals surface area (Å²) in [5.74, 6) is 0.699. The Morgan fingerprint density at radius 2 is 1.87 bits per heavy atom. The summed E-state index contributed by atoms with van der Waals surface area (Å²) in [6.45, 7) is 11.0. The number of nitrogens with zero attached hydrogens (tertiary/aromatic N) is 1. The van der Waals surface area contributed by atoms with Gasteiger partial charge in [0.05, 0.1) is 0 Å². The van der Waals surface area contributed by atoms with Gasteiger partial charge in [0.15, 0.2) is 0 Å². The second-order valence-corrected chi connectivity index (χ2v) is 4.45. The highest BCUT2D eigenvalue weighted by Gasteiger charge is 2.21. The zero-order chi connectivity index (χ0) is 12.0. The summed E-state index contributed by atoms with van der Waals surface area (Å²) in [7, 11) is 1.98. The van der Waals surface area contributed by atoms with Gasteiger partial charge in [-0.25, -0.2) is 0 Å². The minimum absolute atomic E-state index is 0.175. The van der Waals surface area contributed by atoms with Gasteiger partial charge in [0.2, 0.25) is 5.91 Å². The van der Waals surface area contributed by atoms with Crippen LogP contribution in [0.4, 0.5) is 0 Å². The monoisotopic (exact) mass is 214 g/mol. The average molecular weight is 214 g/mol. The zero-order valence-electron chi connectivity index (χ0n) is 11.0. The van der Waals surface area contributed by atoms with Crippen molar-refractivity contribution in [3.05, 3.63) is 0 Å². The fourth-order valence-corrected chi connectivity index (χ4v) is 1.98. The van der Waals surface area contributed by atoms with Crippen LogP contribution in [0.15, 0.2) is 0 Å². The summed E-state index contributed by atoms with van der Waals surface area (Å²) >= 11 is 0. The number of nitrogens with one attached hydrogen (secondary N) is 1. The highest BCUT2D eigenvalue weighted by Crippen LogP contribution is 2.16. The van der Waals surface area contributed by atoms with E-state index < -0.39 is 0 Å². The first kappa shape index (κ1) is 14.4. The van der Waals surface area contributed by atoms with Crippen LogP contribution in [-0.4, -0.2) is 36.5 Å². The van der Waals surface area contributed by atoms with Crippen LogP contribution >= 0.6 is 0 Å². The highest BCUT2D eigenvalue weighted by atomic mass is 16.2. The van der Waals surface area contributed by atoms with E-state index in [2.05, 4.69) is 26.1 Å². The van der Waals surface area contributed by atoms with Gasteiger partial charge in [-0.15, -0.1) is 0 Å². The van der Waals surface area contributed by atoms with E-state index in [0.29, 0.717) is 18.0 Å². The lowest BCUT2D eigenvalue weighted by atomic mass is 9.94. The van der Waals surface area contributed by atoms with Gasteiger partial charge < -0.3 is 10.2 Å². The number of hydrogen-bond donors (Lipinski definition) is 1. The molecule has 0 radical (unpaired) electrons. The van der Waals surface area contributed by atoms with Gasteiger partial charge in [-0.3, -0.25) is 4.79 Å². The predicted molar refractivity (Wildman–Crippen MR) is 64.8 cm³/mol. The van der Waals surface area contributed by atoms with Crippen LogP contribution in [0.1, 0.15) is 41.0 Å². The predicted octanol–water partition coefficient (Wildman–Crippen LogP) is 1.88. The number of hydrogen-bond acceptors (Lipinski definition) is 2. The topological polar surface area (TPSA) is 32.3 Å². The zero-order valence-corrected chi connectivity index (χ0v) is 11.0. The van der Waals surface area contributed by atoms with Gasteiger partial charge in [-0.1, -0.05) is 6.92 Å². The Balaban J connectivity index is 4.27. The molecule has 0 rings (SSSR count). The largest absolute Gasteiger partial charge is 0.340 e. The lowest BCUT2D eigenvalue weighted by molar-refractivity contribution is -0.131. The molecule has 0 heterocycles. The summed E-state index contributed by atoms with van der Waals surface area (Å²) in [5, 5.41) is 3.23. The van der Waals surface area contributed by atoms with E-state index >= 15 is 0 Å². The van der Waals surface area contributed by atoms with Gasteiger partial charge >= 0.3 is 0 Å². The van der Waals surface area contributed by atoms with E-state index in [1.165, 1.54) is 0 Å². The van der Waals surface area contributed by atoms with Crippen molar-refractivity contribution >= 4 is 5.91 Å². The van der Waals surface area contributed by atoms with Crippen LogP contribution < -0.4 is 5.32 Å². The Bertz CT molecular complexity index is 194. The average Bonchev–Trinajstić information content (AvgIpc) is 2.17. The minimum atomic E-state index is 0.175. The van der Waals surface area contributed by atoms with E-state index in [-0.39, 0.29) is 5.91 Å². The van der Waals surface area contributed by atoms with E-state index in [4.69, 9.17) is 0 Å². The van der Waals surface area contributed by atoms with E-state index in [0.717, 1.165) is 13.0 Å². The molecule has 15 heavy (non-hydrogen) atoms. The molecule has 0 saturated heterocycles. The molecule has 3 unspecified atom stereocenters. The molecular formula is C12H26N2O. The van der Waals surface area contributed by atoms with Crippen LogP contribution in [-0.2, 0) is 4.79 Å². The summed E-state index contributed by atoms with van der Waals surface area (Å²) in [4.78, 5) is 13.3. The van der Waals surface area contributed by atoms with Crippen LogP contribution in [0.5, 0.6) is 0 Å². The second kappa shape index (κ2) is 6.83. The molecule has 3 nitrogen and oxygen atoms in total. The van der Waals surface area contributed by atoms with E-state index in [9.17, 15) is 4.79 Å². The van der Waals surface area contributed by atoms with Crippen LogP contribution in [0.25, 0.3) is 0 Å². The Labute approximate surface area is 94.2 Å². The maximum Gasteiger partial charge on any atom is 0.219 e. The van der Waals surface area contributed by atoms with Crippen molar-refractivity contribution in [3.8, 4) is 0 Å². The van der Waals surface area contributed by atoms with Gasteiger partial charge in [-0.05, 0) is 40.2 Å². The first-order chi connectivity index (χ1) is 6.93. The Kier molecular flexibility index (Phi) is 6.57. The second-order valence-electron chi connectivity index (χ2n) is 4.45. The third kappa shape index (κ3) is 4.65. The molecule has 0 aliphatic carbocycles. The maximum atomic E-state index is 11.4. The van der Waals surface area contributed by atoms with Crippen molar-refractivity contribution in [2.75, 3.05) is 13.6 Å². The molecule has 0 aromatic heterocycles. The number of carbonyl (C=O) groups excluding carboxylic acids is 1. The third-order valence-corrected chi connectivity index (χ3v) is 3.28. The van der Waals surface area contributed by atoms with Gasteiger partial charge in [0, 0.05) is 25.6 Å². The molecule has 0 aliphatic rings. The smallest absolute Gasteiger partial charge is 0.219 e. The molecule has 1 amide bonds. The molecule has 0 aromatic carbocycles.